The normalized spacial score (nSPS) is 14.3. The fourth-order valence-corrected chi connectivity index (χ4v) is 4.18. The van der Waals surface area contributed by atoms with Crippen LogP contribution in [0.15, 0.2) is 83.8 Å². The van der Waals surface area contributed by atoms with Gasteiger partial charge in [-0.05, 0) is 53.6 Å². The zero-order chi connectivity index (χ0) is 22.5. The van der Waals surface area contributed by atoms with Gasteiger partial charge in [-0.25, -0.2) is 0 Å². The largest absolute Gasteiger partial charge is 0.489 e. The third kappa shape index (κ3) is 5.25. The second kappa shape index (κ2) is 9.80. The van der Waals surface area contributed by atoms with Crippen molar-refractivity contribution in [3.05, 3.63) is 100 Å². The number of thioether (sulfide) groups is 1. The first-order valence-electron chi connectivity index (χ1n) is 9.89. The lowest BCUT2D eigenvalue weighted by molar-refractivity contribution is -0.115. The van der Waals surface area contributed by atoms with Gasteiger partial charge < -0.3 is 15.0 Å². The van der Waals surface area contributed by atoms with E-state index in [9.17, 15) is 9.59 Å². The van der Waals surface area contributed by atoms with Gasteiger partial charge >= 0.3 is 0 Å². The molecule has 4 rings (SSSR count). The van der Waals surface area contributed by atoms with Gasteiger partial charge in [-0.3, -0.25) is 9.59 Å². The van der Waals surface area contributed by atoms with Gasteiger partial charge in [-0.15, -0.1) is 0 Å². The summed E-state index contributed by atoms with van der Waals surface area (Å²) >= 11 is 6.27. The average Bonchev–Trinajstić information content (AvgIpc) is 3.14. The summed E-state index contributed by atoms with van der Waals surface area (Å²) in [6, 6.07) is 24.4. The topological polar surface area (TPSA) is 58.6 Å². The smallest absolute Gasteiger partial charge is 0.263 e. The van der Waals surface area contributed by atoms with Crippen molar-refractivity contribution in [3.63, 3.8) is 0 Å². The molecule has 1 fully saturated rings. The number of ether oxygens (including phenoxy) is 1. The molecule has 0 radical (unpaired) electrons. The van der Waals surface area contributed by atoms with Crippen LogP contribution in [0.3, 0.4) is 0 Å². The van der Waals surface area contributed by atoms with E-state index in [4.69, 9.17) is 17.0 Å². The maximum Gasteiger partial charge on any atom is 0.263 e. The van der Waals surface area contributed by atoms with Crippen LogP contribution in [-0.2, 0) is 11.4 Å². The molecule has 7 heteroatoms. The molecule has 1 aliphatic rings. The highest BCUT2D eigenvalue weighted by Crippen LogP contribution is 2.27. The van der Waals surface area contributed by atoms with Crippen LogP contribution < -0.4 is 15.0 Å². The molecule has 5 nitrogen and oxygen atoms in total. The van der Waals surface area contributed by atoms with Gasteiger partial charge in [0.15, 0.2) is 0 Å². The van der Waals surface area contributed by atoms with Gasteiger partial charge in [-0.2, -0.15) is 0 Å². The summed E-state index contributed by atoms with van der Waals surface area (Å²) in [5.41, 5.74) is 3.26. The lowest BCUT2D eigenvalue weighted by atomic mass is 10.1. The van der Waals surface area contributed by atoms with Crippen molar-refractivity contribution in [2.24, 2.45) is 0 Å². The molecule has 2 amide bonds. The number of nitrogens with zero attached hydrogens (tertiary/aromatic N) is 1. The van der Waals surface area contributed by atoms with Gasteiger partial charge in [0.1, 0.15) is 16.7 Å². The molecule has 0 unspecified atom stereocenters. The van der Waals surface area contributed by atoms with Crippen molar-refractivity contribution in [2.75, 3.05) is 11.9 Å². The van der Waals surface area contributed by atoms with Gasteiger partial charge in [0, 0.05) is 18.3 Å². The van der Waals surface area contributed by atoms with Crippen molar-refractivity contribution < 1.29 is 14.3 Å². The second-order valence-corrected chi connectivity index (χ2v) is 8.83. The van der Waals surface area contributed by atoms with E-state index in [2.05, 4.69) is 5.32 Å². The quantitative estimate of drug-likeness (QED) is 0.413. The van der Waals surface area contributed by atoms with E-state index in [1.54, 1.807) is 30.2 Å². The van der Waals surface area contributed by atoms with Crippen LogP contribution in [0.25, 0.3) is 6.08 Å². The highest BCUT2D eigenvalue weighted by molar-refractivity contribution is 8.26. The van der Waals surface area contributed by atoms with Crippen molar-refractivity contribution in [1.82, 2.24) is 5.32 Å². The molecule has 1 heterocycles. The number of hydrogen-bond donors (Lipinski definition) is 1. The molecule has 3 aromatic rings. The number of para-hydroxylation sites is 1. The first-order chi connectivity index (χ1) is 15.5. The van der Waals surface area contributed by atoms with Gasteiger partial charge in [-0.1, -0.05) is 66.4 Å². The van der Waals surface area contributed by atoms with Crippen LogP contribution in [0.4, 0.5) is 5.69 Å². The molecule has 0 bridgehead atoms. The van der Waals surface area contributed by atoms with Crippen molar-refractivity contribution in [2.45, 2.75) is 6.61 Å². The minimum absolute atomic E-state index is 0.0716. The summed E-state index contributed by atoms with van der Waals surface area (Å²) in [5.74, 6) is 0.436. The summed E-state index contributed by atoms with van der Waals surface area (Å²) in [6.07, 6.45) is 1.79. The van der Waals surface area contributed by atoms with E-state index in [0.717, 1.165) is 16.8 Å². The summed E-state index contributed by atoms with van der Waals surface area (Å²) in [6.45, 7) is 0.363. The average molecular weight is 461 g/mol. The van der Waals surface area contributed by atoms with Gasteiger partial charge in [0.05, 0.1) is 4.91 Å². The molecule has 1 N–H and O–H groups in total. The van der Waals surface area contributed by atoms with E-state index >= 15 is 0 Å². The van der Waals surface area contributed by atoms with Crippen LogP contribution in [0.2, 0.25) is 0 Å². The zero-order valence-electron chi connectivity index (χ0n) is 17.3. The maximum absolute atomic E-state index is 12.7. The Balaban J connectivity index is 1.38. The highest BCUT2D eigenvalue weighted by atomic mass is 32.2. The molecule has 0 aromatic heterocycles. The van der Waals surface area contributed by atoms with E-state index in [1.807, 2.05) is 66.7 Å². The number of anilines is 1. The first-order valence-corrected chi connectivity index (χ1v) is 11.1. The molecule has 1 aliphatic heterocycles. The Morgan fingerprint density at radius 3 is 2.50 bits per heavy atom. The fraction of sp³-hybridized carbons (Fsp3) is 0.0800. The first kappa shape index (κ1) is 21.8. The van der Waals surface area contributed by atoms with Crippen molar-refractivity contribution >= 4 is 51.9 Å². The maximum atomic E-state index is 12.7. The Morgan fingerprint density at radius 2 is 1.81 bits per heavy atom. The Kier molecular flexibility index (Phi) is 6.68. The molecule has 0 saturated carbocycles. The van der Waals surface area contributed by atoms with E-state index in [0.29, 0.717) is 27.1 Å². The van der Waals surface area contributed by atoms with Crippen LogP contribution in [0.1, 0.15) is 21.5 Å². The molecule has 160 valence electrons. The molecule has 1 saturated heterocycles. The molecule has 3 aromatic carbocycles. The molecule has 0 aliphatic carbocycles. The van der Waals surface area contributed by atoms with E-state index < -0.39 is 0 Å². The number of amides is 2. The monoisotopic (exact) mass is 460 g/mol. The SMILES string of the molecule is CN(C(=O)c1ccc(COc2cccc(C=C3SC(=S)NC3=O)c2)cc1)c1ccccc1. The van der Waals surface area contributed by atoms with Crippen LogP contribution >= 0.6 is 24.0 Å². The minimum Gasteiger partial charge on any atom is -0.489 e. The van der Waals surface area contributed by atoms with Gasteiger partial charge in [0.2, 0.25) is 0 Å². The lowest BCUT2D eigenvalue weighted by Crippen LogP contribution is -2.26. The third-order valence-corrected chi connectivity index (χ3v) is 6.02. The summed E-state index contributed by atoms with van der Waals surface area (Å²) in [7, 11) is 1.76. The molecule has 32 heavy (non-hydrogen) atoms. The standard InChI is InChI=1S/C25H20N2O3S2/c1-27(20-7-3-2-4-8-20)24(29)19-12-10-17(11-13-19)16-30-21-9-5-6-18(14-21)15-22-23(28)26-25(31)32-22/h2-15H,16H2,1H3,(H,26,28,31). The van der Waals surface area contributed by atoms with Crippen molar-refractivity contribution in [1.29, 1.82) is 0 Å². The van der Waals surface area contributed by atoms with Crippen LogP contribution in [0.5, 0.6) is 5.75 Å². The number of hydrogen-bond acceptors (Lipinski definition) is 5. The predicted molar refractivity (Wildman–Crippen MR) is 133 cm³/mol. The fourth-order valence-electron chi connectivity index (χ4n) is 3.14. The number of rotatable bonds is 6. The number of nitrogens with one attached hydrogen (secondary N) is 1. The molecular weight excluding hydrogens is 440 g/mol. The summed E-state index contributed by atoms with van der Waals surface area (Å²) in [5, 5.41) is 2.61. The Hall–Kier alpha value is -3.42. The second-order valence-electron chi connectivity index (χ2n) is 7.11. The van der Waals surface area contributed by atoms with Crippen LogP contribution in [-0.4, -0.2) is 23.2 Å². The number of carbonyl (C=O) groups is 2. The lowest BCUT2D eigenvalue weighted by Gasteiger charge is -2.17. The van der Waals surface area contributed by atoms with Crippen LogP contribution in [0, 0.1) is 0 Å². The van der Waals surface area contributed by atoms with Crippen molar-refractivity contribution in [3.8, 4) is 5.75 Å². The minimum atomic E-state index is -0.182. The Bertz CT molecular complexity index is 1190. The van der Waals surface area contributed by atoms with E-state index in [-0.39, 0.29) is 11.8 Å². The highest BCUT2D eigenvalue weighted by Gasteiger charge is 2.21. The van der Waals surface area contributed by atoms with Gasteiger partial charge in [0.25, 0.3) is 11.8 Å². The predicted octanol–water partition coefficient (Wildman–Crippen LogP) is 5.03. The number of carbonyl (C=O) groups excluding carboxylic acids is 2. The Labute approximate surface area is 196 Å². The number of benzene rings is 3. The molecule has 0 atom stereocenters. The zero-order valence-corrected chi connectivity index (χ0v) is 18.9. The Morgan fingerprint density at radius 1 is 1.06 bits per heavy atom. The molecule has 0 spiro atoms. The summed E-state index contributed by atoms with van der Waals surface area (Å²) < 4.78 is 6.37. The third-order valence-electron chi connectivity index (χ3n) is 4.85. The van der Waals surface area contributed by atoms with E-state index in [1.165, 1.54) is 11.8 Å². The number of thiocarbonyl (C=S) groups is 1. The molecular formula is C25H20N2O3S2. The summed E-state index contributed by atoms with van der Waals surface area (Å²) in [4.78, 5) is 26.7.